The number of hydrazine groups is 1. The Kier molecular flexibility index (Phi) is 5.76. The zero-order valence-electron chi connectivity index (χ0n) is 16.6. The van der Waals surface area contributed by atoms with Crippen molar-refractivity contribution in [2.75, 3.05) is 18.5 Å². The predicted molar refractivity (Wildman–Crippen MR) is 113 cm³/mol. The van der Waals surface area contributed by atoms with Crippen LogP contribution in [0, 0.1) is 10.7 Å². The second kappa shape index (κ2) is 8.22. The first-order chi connectivity index (χ1) is 14.7. The zero-order valence-corrected chi connectivity index (χ0v) is 18.1. The zero-order chi connectivity index (χ0) is 22.3. The van der Waals surface area contributed by atoms with Crippen LogP contribution in [0.15, 0.2) is 36.5 Å². The molecule has 1 unspecified atom stereocenters. The van der Waals surface area contributed by atoms with Gasteiger partial charge in [-0.1, -0.05) is 35.3 Å². The lowest BCUT2D eigenvalue weighted by Gasteiger charge is -2.58. The first-order valence-electron chi connectivity index (χ1n) is 9.69. The van der Waals surface area contributed by atoms with Gasteiger partial charge in [-0.05, 0) is 23.8 Å². The maximum Gasteiger partial charge on any atom is 0.243 e. The molecule has 1 aromatic heterocycles. The molecular weight excluding hydrogens is 448 g/mol. The average molecular weight is 469 g/mol. The second-order valence-electron chi connectivity index (χ2n) is 7.78. The Balaban J connectivity index is 1.68. The molecule has 2 aliphatic rings. The normalized spacial score (nSPS) is 25.5. The number of hydrogen-bond acceptors (Lipinski definition) is 5. The fourth-order valence-corrected chi connectivity index (χ4v) is 4.63. The van der Waals surface area contributed by atoms with Crippen molar-refractivity contribution in [3.8, 4) is 0 Å². The van der Waals surface area contributed by atoms with Crippen molar-refractivity contribution >= 4 is 34.9 Å². The molecule has 2 fully saturated rings. The van der Waals surface area contributed by atoms with Crippen molar-refractivity contribution in [1.82, 2.24) is 15.3 Å². The molecule has 2 heterocycles. The Morgan fingerprint density at radius 3 is 2.58 bits per heavy atom. The molecule has 31 heavy (non-hydrogen) atoms. The summed E-state index contributed by atoms with van der Waals surface area (Å²) in [6.45, 7) is -0.0393. The van der Waals surface area contributed by atoms with Crippen LogP contribution >= 0.6 is 23.2 Å². The Morgan fingerprint density at radius 2 is 1.97 bits per heavy atom. The van der Waals surface area contributed by atoms with Crippen LogP contribution in [0.4, 0.5) is 10.2 Å². The minimum absolute atomic E-state index is 0.109. The summed E-state index contributed by atoms with van der Waals surface area (Å²) >= 11 is 11.8. The van der Waals surface area contributed by atoms with Gasteiger partial charge in [0.25, 0.3) is 0 Å². The lowest BCUT2D eigenvalue weighted by atomic mass is 9.68. The summed E-state index contributed by atoms with van der Waals surface area (Å²) in [6.07, 6.45) is 0.420. The van der Waals surface area contributed by atoms with Gasteiger partial charge in [0, 0.05) is 30.6 Å². The van der Waals surface area contributed by atoms with Gasteiger partial charge in [-0.25, -0.2) is 9.37 Å². The van der Waals surface area contributed by atoms with Crippen molar-refractivity contribution in [1.29, 1.82) is 0 Å². The number of nitrogens with zero attached hydrogens (tertiary/aromatic N) is 4. The average Bonchev–Trinajstić information content (AvgIpc) is 2.71. The second-order valence-corrected chi connectivity index (χ2v) is 8.65. The molecule has 4 rings (SSSR count). The lowest BCUT2D eigenvalue weighted by molar-refractivity contribution is -0.653. The number of aliphatic hydroxyl groups is 1. The number of aromatic nitrogens is 1. The van der Waals surface area contributed by atoms with Crippen LogP contribution in [0.2, 0.25) is 10.0 Å². The number of amides is 1. The van der Waals surface area contributed by atoms with Gasteiger partial charge in [-0.3, -0.25) is 4.79 Å². The third-order valence-corrected chi connectivity index (χ3v) is 6.42. The number of halogens is 3. The Bertz CT molecular complexity index is 1020. The number of piperazine rings is 1. The van der Waals surface area contributed by atoms with Crippen LogP contribution in [0.25, 0.3) is 0 Å². The number of pyridine rings is 1. The van der Waals surface area contributed by atoms with Crippen molar-refractivity contribution in [3.63, 3.8) is 0 Å². The van der Waals surface area contributed by atoms with Crippen molar-refractivity contribution in [2.45, 2.75) is 37.2 Å². The van der Waals surface area contributed by atoms with Gasteiger partial charge in [0.15, 0.2) is 17.9 Å². The van der Waals surface area contributed by atoms with Gasteiger partial charge in [-0.2, -0.15) is 5.43 Å². The summed E-state index contributed by atoms with van der Waals surface area (Å²) in [7, 11) is 1.51. The monoisotopic (exact) mass is 468 g/mol. The summed E-state index contributed by atoms with van der Waals surface area (Å²) in [5.41, 5.74) is 2.27. The van der Waals surface area contributed by atoms with E-state index < -0.39 is 23.6 Å². The minimum Gasteiger partial charge on any atom is -0.371 e. The first kappa shape index (κ1) is 21.7. The summed E-state index contributed by atoms with van der Waals surface area (Å²) in [5.74, 6) is -1.21. The largest absolute Gasteiger partial charge is 0.371 e. The van der Waals surface area contributed by atoms with Crippen LogP contribution in [-0.4, -0.2) is 57.2 Å². The van der Waals surface area contributed by atoms with Crippen molar-refractivity contribution in [2.24, 2.45) is 0 Å². The van der Waals surface area contributed by atoms with E-state index in [9.17, 15) is 19.2 Å². The summed E-state index contributed by atoms with van der Waals surface area (Å²) in [6, 6.07) is 7.67. The van der Waals surface area contributed by atoms with Gasteiger partial charge in [-0.15, -0.1) is 0 Å². The molecule has 1 atom stereocenters. The number of carbonyl (C=O) groups excluding carboxylic acids is 1. The Hall–Kier alpha value is -2.49. The SMILES string of the molecule is CN[N+](=O)C1CC2(C1)C(O)N(c1ncc(Cl)cc1F)CC(=O)N2Cc1ccc(Cl)cc1. The standard InChI is InChI=1S/C20H21Cl2FN5O3/c1-24-28(31)15-7-20(8-15)19(30)26(18-16(23)6-14(22)9-25-18)11-17(29)27(20)10-12-2-4-13(21)5-3-12/h2-6,9,15,19,30H,7-8,10-11H2,1H3,(H,24,31)/q+1. The van der Waals surface area contributed by atoms with E-state index in [1.807, 2.05) is 0 Å². The van der Waals surface area contributed by atoms with Crippen molar-refractivity contribution < 1.29 is 19.2 Å². The smallest absolute Gasteiger partial charge is 0.243 e. The maximum absolute atomic E-state index is 14.5. The minimum atomic E-state index is -1.26. The first-order valence-corrected chi connectivity index (χ1v) is 10.4. The highest BCUT2D eigenvalue weighted by Gasteiger charge is 2.64. The highest BCUT2D eigenvalue weighted by atomic mass is 35.5. The van der Waals surface area contributed by atoms with E-state index in [-0.39, 0.29) is 42.7 Å². The van der Waals surface area contributed by atoms with E-state index in [1.54, 1.807) is 29.2 Å². The molecule has 1 aromatic carbocycles. The van der Waals surface area contributed by atoms with Crippen molar-refractivity contribution in [3.05, 3.63) is 62.9 Å². The van der Waals surface area contributed by atoms with Crippen LogP contribution in [0.5, 0.6) is 0 Å². The molecule has 1 aliphatic heterocycles. The number of hydrogen-bond donors (Lipinski definition) is 2. The van der Waals surface area contributed by atoms with E-state index >= 15 is 0 Å². The number of nitroso groups, excluding NO2 is 1. The summed E-state index contributed by atoms with van der Waals surface area (Å²) in [4.78, 5) is 32.7. The quantitative estimate of drug-likeness (QED) is 0.517. The molecule has 0 bridgehead atoms. The Morgan fingerprint density at radius 1 is 1.29 bits per heavy atom. The van der Waals surface area contributed by atoms with Crippen LogP contribution in [0.3, 0.4) is 0 Å². The lowest BCUT2D eigenvalue weighted by Crippen LogP contribution is -2.77. The molecular formula is C20H21Cl2FN5O3+. The molecule has 1 aliphatic carbocycles. The van der Waals surface area contributed by atoms with E-state index in [4.69, 9.17) is 23.2 Å². The number of aliphatic hydroxyl groups excluding tert-OH is 1. The highest BCUT2D eigenvalue weighted by Crippen LogP contribution is 2.47. The summed E-state index contributed by atoms with van der Waals surface area (Å²) in [5, 5.41) is 12.0. The molecule has 11 heteroatoms. The van der Waals surface area contributed by atoms with E-state index in [0.717, 1.165) is 11.6 Å². The number of carbonyl (C=O) groups is 1. The van der Waals surface area contributed by atoms with Crippen LogP contribution < -0.4 is 10.3 Å². The molecule has 8 nitrogen and oxygen atoms in total. The molecule has 0 radical (unpaired) electrons. The van der Waals surface area contributed by atoms with Gasteiger partial charge in [0.05, 0.1) is 17.0 Å². The van der Waals surface area contributed by atoms with E-state index in [0.29, 0.717) is 9.89 Å². The Labute approximate surface area is 188 Å². The highest BCUT2D eigenvalue weighted by molar-refractivity contribution is 6.30. The molecule has 1 spiro atoms. The van der Waals surface area contributed by atoms with Gasteiger partial charge in [0.1, 0.15) is 17.0 Å². The van der Waals surface area contributed by atoms with E-state index in [1.165, 1.54) is 18.1 Å². The van der Waals surface area contributed by atoms with E-state index in [2.05, 4.69) is 10.4 Å². The molecule has 2 N–H and O–H groups in total. The fraction of sp³-hybridized carbons (Fsp3) is 0.400. The number of rotatable bonds is 5. The number of benzene rings is 1. The molecule has 164 valence electrons. The topological polar surface area (TPSA) is 88.8 Å². The molecule has 1 amide bonds. The maximum atomic E-state index is 14.5. The third-order valence-electron chi connectivity index (χ3n) is 5.96. The van der Waals surface area contributed by atoms with Gasteiger partial charge < -0.3 is 14.9 Å². The summed E-state index contributed by atoms with van der Waals surface area (Å²) < 4.78 is 14.5. The predicted octanol–water partition coefficient (Wildman–Crippen LogP) is 2.51. The fourth-order valence-electron chi connectivity index (χ4n) is 4.36. The molecule has 2 aromatic rings. The molecule has 1 saturated carbocycles. The number of anilines is 1. The van der Waals surface area contributed by atoms with Crippen LogP contribution in [0.1, 0.15) is 18.4 Å². The van der Waals surface area contributed by atoms with Gasteiger partial charge >= 0.3 is 0 Å². The van der Waals surface area contributed by atoms with Gasteiger partial charge in [0.2, 0.25) is 11.9 Å². The number of nitrogens with one attached hydrogen (secondary N) is 1. The third kappa shape index (κ3) is 3.81. The van der Waals surface area contributed by atoms with Crippen LogP contribution in [-0.2, 0) is 11.3 Å². The molecule has 1 saturated heterocycles.